The number of nitrogens with one attached hydrogen (secondary N) is 2. The Labute approximate surface area is 179 Å². The highest BCUT2D eigenvalue weighted by molar-refractivity contribution is 14.0. The Morgan fingerprint density at radius 3 is 2.68 bits per heavy atom. The third-order valence-electron chi connectivity index (χ3n) is 4.54. The van der Waals surface area contributed by atoms with Crippen molar-refractivity contribution in [2.75, 3.05) is 20.2 Å². The van der Waals surface area contributed by atoms with Gasteiger partial charge in [0.1, 0.15) is 5.75 Å². The average molecular weight is 505 g/mol. The second kappa shape index (κ2) is 9.99. The van der Waals surface area contributed by atoms with Crippen LogP contribution in [0.25, 0.3) is 0 Å². The molecule has 152 valence electrons. The van der Waals surface area contributed by atoms with Crippen molar-refractivity contribution in [2.45, 2.75) is 25.1 Å². The van der Waals surface area contributed by atoms with Crippen LogP contribution in [0.2, 0.25) is 0 Å². The van der Waals surface area contributed by atoms with E-state index in [0.29, 0.717) is 30.6 Å². The Morgan fingerprint density at radius 1 is 1.14 bits per heavy atom. The van der Waals surface area contributed by atoms with Crippen LogP contribution in [0.15, 0.2) is 53.5 Å². The molecule has 2 aromatic rings. The number of ether oxygens (including phenoxy) is 1. The van der Waals surface area contributed by atoms with Gasteiger partial charge < -0.3 is 15.4 Å². The molecule has 2 aromatic carbocycles. The van der Waals surface area contributed by atoms with Gasteiger partial charge >= 0.3 is 6.18 Å². The molecular weight excluding hydrogens is 482 g/mol. The number of guanidine groups is 1. The predicted molar refractivity (Wildman–Crippen MR) is 114 cm³/mol. The molecule has 0 fully saturated rings. The van der Waals surface area contributed by atoms with E-state index in [0.717, 1.165) is 29.9 Å². The van der Waals surface area contributed by atoms with Gasteiger partial charge in [0.25, 0.3) is 0 Å². The van der Waals surface area contributed by atoms with Crippen LogP contribution in [0.3, 0.4) is 0 Å². The molecule has 1 heterocycles. The molecule has 0 radical (unpaired) electrons. The first kappa shape index (κ1) is 22.3. The van der Waals surface area contributed by atoms with Crippen molar-refractivity contribution in [1.82, 2.24) is 10.6 Å². The number of hydrogen-bond donors (Lipinski definition) is 2. The molecule has 0 saturated carbocycles. The Hall–Kier alpha value is -1.97. The Balaban J connectivity index is 0.00000280. The molecule has 2 N–H and O–H groups in total. The largest absolute Gasteiger partial charge is 0.493 e. The van der Waals surface area contributed by atoms with Crippen molar-refractivity contribution in [3.05, 3.63) is 65.2 Å². The molecule has 0 spiro atoms. The van der Waals surface area contributed by atoms with Crippen LogP contribution < -0.4 is 15.4 Å². The molecule has 28 heavy (non-hydrogen) atoms. The lowest BCUT2D eigenvalue weighted by atomic mass is 9.93. The second-order valence-electron chi connectivity index (χ2n) is 6.38. The predicted octanol–water partition coefficient (Wildman–Crippen LogP) is 4.55. The van der Waals surface area contributed by atoms with Gasteiger partial charge in [0, 0.05) is 26.1 Å². The van der Waals surface area contributed by atoms with E-state index in [9.17, 15) is 13.2 Å². The molecule has 0 saturated heterocycles. The third-order valence-corrected chi connectivity index (χ3v) is 4.54. The highest BCUT2D eigenvalue weighted by atomic mass is 127. The van der Waals surface area contributed by atoms with Crippen LogP contribution in [0.4, 0.5) is 13.2 Å². The Morgan fingerprint density at radius 2 is 1.93 bits per heavy atom. The molecule has 4 nitrogen and oxygen atoms in total. The molecule has 1 atom stereocenters. The van der Waals surface area contributed by atoms with Crippen LogP contribution in [-0.4, -0.2) is 26.2 Å². The number of benzene rings is 2. The highest BCUT2D eigenvalue weighted by Gasteiger charge is 2.30. The zero-order chi connectivity index (χ0) is 19.3. The van der Waals surface area contributed by atoms with Crippen LogP contribution in [0.5, 0.6) is 5.75 Å². The fraction of sp³-hybridized carbons (Fsp3) is 0.350. The van der Waals surface area contributed by atoms with Crippen molar-refractivity contribution < 1.29 is 17.9 Å². The summed E-state index contributed by atoms with van der Waals surface area (Å²) >= 11 is 0. The highest BCUT2D eigenvalue weighted by Crippen LogP contribution is 2.32. The van der Waals surface area contributed by atoms with Crippen LogP contribution >= 0.6 is 24.0 Å². The number of aliphatic imine (C=N–C) groups is 1. The minimum Gasteiger partial charge on any atom is -0.493 e. The van der Waals surface area contributed by atoms with Gasteiger partial charge in [-0.1, -0.05) is 30.3 Å². The maximum Gasteiger partial charge on any atom is 0.416 e. The molecule has 3 rings (SSSR count). The van der Waals surface area contributed by atoms with E-state index < -0.39 is 11.7 Å². The van der Waals surface area contributed by atoms with Gasteiger partial charge in [-0.2, -0.15) is 13.2 Å². The maximum absolute atomic E-state index is 12.8. The zero-order valence-corrected chi connectivity index (χ0v) is 17.8. The molecule has 0 aromatic heterocycles. The first-order chi connectivity index (χ1) is 13.0. The lowest BCUT2D eigenvalue weighted by Gasteiger charge is -2.26. The lowest BCUT2D eigenvalue weighted by Crippen LogP contribution is -2.39. The number of fused-ring (bicyclic) bond motifs is 1. The standard InChI is InChI=1S/C20H22F3N3O.HI/c1-24-19(25-12-14-5-4-6-16(11-14)20(21,22)23)26-13-15-9-10-27-18-8-3-2-7-17(15)18;/h2-8,11,15H,9-10,12-13H2,1H3,(H2,24,25,26);1H. The summed E-state index contributed by atoms with van der Waals surface area (Å²) in [6.07, 6.45) is -3.44. The van der Waals surface area contributed by atoms with Gasteiger partial charge in [-0.3, -0.25) is 4.99 Å². The number of halogens is 4. The number of para-hydroxylation sites is 1. The quantitative estimate of drug-likeness (QED) is 0.364. The van der Waals surface area contributed by atoms with E-state index in [1.165, 1.54) is 6.07 Å². The number of rotatable bonds is 4. The third kappa shape index (κ3) is 5.76. The lowest BCUT2D eigenvalue weighted by molar-refractivity contribution is -0.137. The van der Waals surface area contributed by atoms with Crippen LogP contribution in [0, 0.1) is 0 Å². The normalized spacial score (nSPS) is 16.4. The summed E-state index contributed by atoms with van der Waals surface area (Å²) in [6, 6.07) is 13.2. The summed E-state index contributed by atoms with van der Waals surface area (Å²) in [7, 11) is 1.64. The molecule has 8 heteroatoms. The Bertz CT molecular complexity index is 811. The van der Waals surface area contributed by atoms with Crippen LogP contribution in [0.1, 0.15) is 29.0 Å². The fourth-order valence-corrected chi connectivity index (χ4v) is 3.11. The second-order valence-corrected chi connectivity index (χ2v) is 6.38. The number of alkyl halides is 3. The minimum atomic E-state index is -4.34. The summed E-state index contributed by atoms with van der Waals surface area (Å²) < 4.78 is 44.1. The smallest absolute Gasteiger partial charge is 0.416 e. The van der Waals surface area contributed by atoms with Crippen LogP contribution in [-0.2, 0) is 12.7 Å². The summed E-state index contributed by atoms with van der Waals surface area (Å²) in [4.78, 5) is 4.16. The Kier molecular flexibility index (Phi) is 7.97. The van der Waals surface area contributed by atoms with Gasteiger partial charge in [-0.25, -0.2) is 0 Å². The molecule has 0 aliphatic carbocycles. The van der Waals surface area contributed by atoms with E-state index in [2.05, 4.69) is 21.7 Å². The van der Waals surface area contributed by atoms with Crippen molar-refractivity contribution in [1.29, 1.82) is 0 Å². The number of hydrogen-bond acceptors (Lipinski definition) is 2. The van der Waals surface area contributed by atoms with Gasteiger partial charge in [0.05, 0.1) is 12.2 Å². The maximum atomic E-state index is 12.8. The van der Waals surface area contributed by atoms with Crippen molar-refractivity contribution in [3.8, 4) is 5.75 Å². The fourth-order valence-electron chi connectivity index (χ4n) is 3.11. The summed E-state index contributed by atoms with van der Waals surface area (Å²) in [5.74, 6) is 1.75. The number of nitrogens with zero attached hydrogens (tertiary/aromatic N) is 1. The molecule has 1 unspecified atom stereocenters. The van der Waals surface area contributed by atoms with Gasteiger partial charge in [-0.05, 0) is 35.7 Å². The van der Waals surface area contributed by atoms with Crippen molar-refractivity contribution >= 4 is 29.9 Å². The van der Waals surface area contributed by atoms with Gasteiger partial charge in [-0.15, -0.1) is 24.0 Å². The molecule has 0 amide bonds. The minimum absolute atomic E-state index is 0. The van der Waals surface area contributed by atoms with Crippen molar-refractivity contribution in [3.63, 3.8) is 0 Å². The first-order valence-corrected chi connectivity index (χ1v) is 8.80. The van der Waals surface area contributed by atoms with Gasteiger partial charge in [0.15, 0.2) is 5.96 Å². The molecule has 1 aliphatic rings. The van der Waals surface area contributed by atoms with Gasteiger partial charge in [0.2, 0.25) is 0 Å². The zero-order valence-electron chi connectivity index (χ0n) is 15.4. The van der Waals surface area contributed by atoms with E-state index in [1.54, 1.807) is 13.1 Å². The molecular formula is C20H23F3IN3O. The monoisotopic (exact) mass is 505 g/mol. The van der Waals surface area contributed by atoms with E-state index >= 15 is 0 Å². The average Bonchev–Trinajstić information content (AvgIpc) is 2.68. The molecule has 1 aliphatic heterocycles. The SMILES string of the molecule is CN=C(NCc1cccc(C(F)(F)F)c1)NCC1CCOc2ccccc21.I. The molecule has 0 bridgehead atoms. The van der Waals surface area contributed by atoms with E-state index in [1.807, 2.05) is 18.2 Å². The van der Waals surface area contributed by atoms with E-state index in [-0.39, 0.29) is 30.5 Å². The summed E-state index contributed by atoms with van der Waals surface area (Å²) in [5, 5.41) is 6.32. The van der Waals surface area contributed by atoms with E-state index in [4.69, 9.17) is 4.74 Å². The summed E-state index contributed by atoms with van der Waals surface area (Å²) in [5.41, 5.74) is 1.05. The van der Waals surface area contributed by atoms with Crippen molar-refractivity contribution in [2.24, 2.45) is 4.99 Å². The first-order valence-electron chi connectivity index (χ1n) is 8.80. The summed E-state index contributed by atoms with van der Waals surface area (Å²) in [6.45, 7) is 1.59. The topological polar surface area (TPSA) is 45.7 Å².